The Balaban J connectivity index is 2.04. The third kappa shape index (κ3) is 3.71. The Hall–Kier alpha value is -1.53. The van der Waals surface area contributed by atoms with Crippen LogP contribution >= 0.6 is 0 Å². The summed E-state index contributed by atoms with van der Waals surface area (Å²) in [6.07, 6.45) is 4.11. The van der Waals surface area contributed by atoms with Crippen molar-refractivity contribution in [2.75, 3.05) is 25.0 Å². The standard InChI is InChI=1S/C16H23N3/c1-2-11-19-12-6-9-16(14-17,10-13-19)18-15-7-4-3-5-8-15/h3-5,7-8,18H,2,6,9-13H2,1H3. The smallest absolute Gasteiger partial charge is 0.126 e. The van der Waals surface area contributed by atoms with E-state index in [1.165, 1.54) is 6.42 Å². The molecule has 1 heterocycles. The van der Waals surface area contributed by atoms with Crippen molar-refractivity contribution in [3.63, 3.8) is 0 Å². The van der Waals surface area contributed by atoms with Gasteiger partial charge in [0, 0.05) is 12.2 Å². The van der Waals surface area contributed by atoms with Gasteiger partial charge in [-0.25, -0.2) is 0 Å². The highest BCUT2D eigenvalue weighted by atomic mass is 15.1. The minimum Gasteiger partial charge on any atom is -0.367 e. The molecule has 1 atom stereocenters. The van der Waals surface area contributed by atoms with E-state index in [0.29, 0.717) is 0 Å². The molecule has 1 N–H and O–H groups in total. The average molecular weight is 257 g/mol. The quantitative estimate of drug-likeness (QED) is 0.900. The van der Waals surface area contributed by atoms with Crippen LogP contribution in [-0.2, 0) is 0 Å². The van der Waals surface area contributed by atoms with Crippen LogP contribution in [0.15, 0.2) is 30.3 Å². The Kier molecular flexibility index (Phi) is 4.81. The van der Waals surface area contributed by atoms with Gasteiger partial charge in [0.1, 0.15) is 5.54 Å². The maximum atomic E-state index is 9.61. The minimum absolute atomic E-state index is 0.399. The number of para-hydroxylation sites is 1. The molecule has 102 valence electrons. The molecule has 0 bridgehead atoms. The van der Waals surface area contributed by atoms with E-state index in [2.05, 4.69) is 23.2 Å². The second-order valence-electron chi connectivity index (χ2n) is 5.38. The number of anilines is 1. The summed E-state index contributed by atoms with van der Waals surface area (Å²) in [5, 5.41) is 13.1. The summed E-state index contributed by atoms with van der Waals surface area (Å²) in [5.74, 6) is 0. The van der Waals surface area contributed by atoms with Crippen LogP contribution in [0.1, 0.15) is 32.6 Å². The first-order chi connectivity index (χ1) is 9.28. The summed E-state index contributed by atoms with van der Waals surface area (Å²) < 4.78 is 0. The van der Waals surface area contributed by atoms with Crippen LogP contribution < -0.4 is 5.32 Å². The fraction of sp³-hybridized carbons (Fsp3) is 0.562. The largest absolute Gasteiger partial charge is 0.367 e. The zero-order valence-electron chi connectivity index (χ0n) is 11.7. The zero-order chi connectivity index (χ0) is 13.6. The van der Waals surface area contributed by atoms with E-state index >= 15 is 0 Å². The van der Waals surface area contributed by atoms with Crippen molar-refractivity contribution in [3.8, 4) is 6.07 Å². The SMILES string of the molecule is CCCN1CCCC(C#N)(Nc2ccccc2)CC1. The van der Waals surface area contributed by atoms with Gasteiger partial charge in [-0.3, -0.25) is 0 Å². The van der Waals surface area contributed by atoms with Gasteiger partial charge in [0.25, 0.3) is 0 Å². The lowest BCUT2D eigenvalue weighted by molar-refractivity contribution is 0.283. The van der Waals surface area contributed by atoms with Crippen molar-refractivity contribution >= 4 is 5.69 Å². The van der Waals surface area contributed by atoms with Crippen LogP contribution in [-0.4, -0.2) is 30.1 Å². The molecule has 0 spiro atoms. The number of likely N-dealkylation sites (tertiary alicyclic amines) is 1. The molecule has 2 rings (SSSR count). The van der Waals surface area contributed by atoms with Crippen LogP contribution in [0.3, 0.4) is 0 Å². The van der Waals surface area contributed by atoms with Gasteiger partial charge in [-0.05, 0) is 50.9 Å². The monoisotopic (exact) mass is 257 g/mol. The highest BCUT2D eigenvalue weighted by molar-refractivity contribution is 5.47. The van der Waals surface area contributed by atoms with Crippen molar-refractivity contribution in [1.29, 1.82) is 5.26 Å². The minimum atomic E-state index is -0.399. The first-order valence-corrected chi connectivity index (χ1v) is 7.25. The summed E-state index contributed by atoms with van der Waals surface area (Å²) in [7, 11) is 0. The summed E-state index contributed by atoms with van der Waals surface area (Å²) in [5.41, 5.74) is 0.650. The van der Waals surface area contributed by atoms with Crippen LogP contribution in [0.25, 0.3) is 0 Å². The number of hydrogen-bond donors (Lipinski definition) is 1. The summed E-state index contributed by atoms with van der Waals surface area (Å²) >= 11 is 0. The molecule has 0 amide bonds. The van der Waals surface area contributed by atoms with Crippen molar-refractivity contribution in [2.24, 2.45) is 0 Å². The summed E-state index contributed by atoms with van der Waals surface area (Å²) in [4.78, 5) is 2.48. The Morgan fingerprint density at radius 2 is 2.05 bits per heavy atom. The highest BCUT2D eigenvalue weighted by Crippen LogP contribution is 2.26. The summed E-state index contributed by atoms with van der Waals surface area (Å²) in [6, 6.07) is 12.6. The maximum Gasteiger partial charge on any atom is 0.126 e. The Labute approximate surface area is 116 Å². The fourth-order valence-electron chi connectivity index (χ4n) is 2.79. The number of nitrogens with zero attached hydrogens (tertiary/aromatic N) is 2. The normalized spacial score (nSPS) is 24.4. The van der Waals surface area contributed by atoms with E-state index in [-0.39, 0.29) is 0 Å². The molecular weight excluding hydrogens is 234 g/mol. The number of nitrogens with one attached hydrogen (secondary N) is 1. The Morgan fingerprint density at radius 1 is 1.26 bits per heavy atom. The van der Waals surface area contributed by atoms with Crippen LogP contribution in [0, 0.1) is 11.3 Å². The van der Waals surface area contributed by atoms with Gasteiger partial charge in [-0.1, -0.05) is 25.1 Å². The van der Waals surface area contributed by atoms with Gasteiger partial charge >= 0.3 is 0 Å². The van der Waals surface area contributed by atoms with Gasteiger partial charge in [-0.15, -0.1) is 0 Å². The average Bonchev–Trinajstić information content (AvgIpc) is 2.64. The molecular formula is C16H23N3. The number of rotatable bonds is 4. The predicted molar refractivity (Wildman–Crippen MR) is 79.0 cm³/mol. The molecule has 3 heteroatoms. The molecule has 0 aromatic heterocycles. The molecule has 3 nitrogen and oxygen atoms in total. The van der Waals surface area contributed by atoms with Gasteiger partial charge in [0.05, 0.1) is 6.07 Å². The lowest BCUT2D eigenvalue weighted by atomic mass is 9.92. The van der Waals surface area contributed by atoms with E-state index in [9.17, 15) is 5.26 Å². The number of benzene rings is 1. The fourth-order valence-corrected chi connectivity index (χ4v) is 2.79. The van der Waals surface area contributed by atoms with Crippen molar-refractivity contribution in [2.45, 2.75) is 38.1 Å². The third-order valence-corrected chi connectivity index (χ3v) is 3.84. The topological polar surface area (TPSA) is 39.1 Å². The molecule has 1 aliphatic rings. The van der Waals surface area contributed by atoms with E-state index < -0.39 is 5.54 Å². The Bertz CT molecular complexity index is 423. The molecule has 1 aromatic carbocycles. The predicted octanol–water partition coefficient (Wildman–Crippen LogP) is 3.26. The van der Waals surface area contributed by atoms with Gasteiger partial charge in [0.2, 0.25) is 0 Å². The van der Waals surface area contributed by atoms with Crippen molar-refractivity contribution in [3.05, 3.63) is 30.3 Å². The zero-order valence-corrected chi connectivity index (χ0v) is 11.7. The molecule has 0 radical (unpaired) electrons. The Morgan fingerprint density at radius 3 is 2.74 bits per heavy atom. The highest BCUT2D eigenvalue weighted by Gasteiger charge is 2.32. The van der Waals surface area contributed by atoms with Crippen molar-refractivity contribution in [1.82, 2.24) is 4.90 Å². The molecule has 1 unspecified atom stereocenters. The van der Waals surface area contributed by atoms with E-state index in [4.69, 9.17) is 0 Å². The second kappa shape index (κ2) is 6.58. The number of nitriles is 1. The van der Waals surface area contributed by atoms with Gasteiger partial charge in [-0.2, -0.15) is 5.26 Å². The van der Waals surface area contributed by atoms with E-state index in [1.54, 1.807) is 0 Å². The van der Waals surface area contributed by atoms with Crippen LogP contribution in [0.2, 0.25) is 0 Å². The van der Waals surface area contributed by atoms with Gasteiger partial charge < -0.3 is 10.2 Å². The molecule has 1 fully saturated rings. The lowest BCUT2D eigenvalue weighted by Crippen LogP contribution is -2.38. The summed E-state index contributed by atoms with van der Waals surface area (Å²) in [6.45, 7) is 5.49. The maximum absolute atomic E-state index is 9.61. The molecule has 19 heavy (non-hydrogen) atoms. The molecule has 0 saturated carbocycles. The van der Waals surface area contributed by atoms with Crippen molar-refractivity contribution < 1.29 is 0 Å². The first kappa shape index (κ1) is 13.9. The second-order valence-corrected chi connectivity index (χ2v) is 5.38. The first-order valence-electron chi connectivity index (χ1n) is 7.25. The van der Waals surface area contributed by atoms with E-state index in [1.807, 2.05) is 30.3 Å². The molecule has 1 aliphatic heterocycles. The lowest BCUT2D eigenvalue weighted by Gasteiger charge is -2.28. The van der Waals surface area contributed by atoms with E-state index in [0.717, 1.165) is 44.6 Å². The van der Waals surface area contributed by atoms with Gasteiger partial charge in [0.15, 0.2) is 0 Å². The third-order valence-electron chi connectivity index (χ3n) is 3.84. The van der Waals surface area contributed by atoms with Crippen LogP contribution in [0.5, 0.6) is 0 Å². The molecule has 1 aromatic rings. The molecule has 0 aliphatic carbocycles. The van der Waals surface area contributed by atoms with Crippen LogP contribution in [0.4, 0.5) is 5.69 Å². The number of hydrogen-bond acceptors (Lipinski definition) is 3. The molecule has 1 saturated heterocycles.